The molecule has 0 unspecified atom stereocenters. The molecule has 0 aliphatic heterocycles. The van der Waals surface area contributed by atoms with Crippen LogP contribution in [0.25, 0.3) is 10.8 Å². The highest BCUT2D eigenvalue weighted by atomic mass is 32.2. The van der Waals surface area contributed by atoms with Gasteiger partial charge in [-0.1, -0.05) is 17.2 Å². The molecule has 3 aromatic rings. The molecular formula is C17H14N2O10S3. The predicted octanol–water partition coefficient (Wildman–Crippen LogP) is 4.19. The van der Waals surface area contributed by atoms with E-state index in [1.54, 1.807) is 19.1 Å². The largest absolute Gasteiger partial charge is 0.504 e. The van der Waals surface area contributed by atoms with Crippen molar-refractivity contribution in [3.63, 3.8) is 0 Å². The van der Waals surface area contributed by atoms with Crippen LogP contribution in [0.3, 0.4) is 0 Å². The molecule has 0 amide bonds. The van der Waals surface area contributed by atoms with E-state index < -0.39 is 35.8 Å². The summed E-state index contributed by atoms with van der Waals surface area (Å²) in [6, 6.07) is 8.67. The first-order valence-electron chi connectivity index (χ1n) is 8.33. The van der Waals surface area contributed by atoms with E-state index in [1.807, 2.05) is 0 Å². The van der Waals surface area contributed by atoms with Crippen LogP contribution in [0.5, 0.6) is 5.75 Å². The molecular weight excluding hydrogens is 488 g/mol. The first kappa shape index (κ1) is 24.0. The fourth-order valence-corrected chi connectivity index (χ4v) is 4.29. The summed E-state index contributed by atoms with van der Waals surface area (Å²) in [5.74, 6) is -0.915. The van der Waals surface area contributed by atoms with E-state index in [2.05, 4.69) is 19.6 Å². The van der Waals surface area contributed by atoms with Crippen molar-refractivity contribution >= 4 is 54.4 Å². The third-order valence-corrected chi connectivity index (χ3v) is 6.65. The standard InChI is InChI=1S/C17H14N2O10S3/c1-9-2-3-11(8-14(9)30-29-28-21)18-19-16-13-5-4-12(31(22,23)24)6-10(13)7-15(17(16)20)32(25,26)27/h2-8,20-21H,1H3,(H,22,23,24)(H,25,26,27). The van der Waals surface area contributed by atoms with E-state index in [4.69, 9.17) is 5.26 Å². The predicted molar refractivity (Wildman–Crippen MR) is 111 cm³/mol. The van der Waals surface area contributed by atoms with Crippen molar-refractivity contribution in [1.82, 2.24) is 0 Å². The van der Waals surface area contributed by atoms with E-state index in [-0.39, 0.29) is 22.1 Å². The normalized spacial score (nSPS) is 12.6. The molecule has 3 aromatic carbocycles. The lowest BCUT2D eigenvalue weighted by Crippen LogP contribution is -2.00. The maximum atomic E-state index is 11.7. The van der Waals surface area contributed by atoms with Crippen LogP contribution in [-0.4, -0.2) is 36.3 Å². The quantitative estimate of drug-likeness (QED) is 0.119. The van der Waals surface area contributed by atoms with Gasteiger partial charge in [-0.15, -0.1) is 9.45 Å². The van der Waals surface area contributed by atoms with Gasteiger partial charge in [0.05, 0.1) is 22.6 Å². The second kappa shape index (κ2) is 9.08. The SMILES string of the molecule is Cc1ccc(N=Nc2c(O)c(S(=O)(=O)O)cc3cc(S(=O)(=O)O)ccc23)cc1SOOO. The number of rotatable bonds is 7. The van der Waals surface area contributed by atoms with Gasteiger partial charge in [0.1, 0.15) is 10.6 Å². The average molecular weight is 503 g/mol. The van der Waals surface area contributed by atoms with E-state index in [9.17, 15) is 31.0 Å². The number of phenols is 1. The Morgan fingerprint density at radius 2 is 1.66 bits per heavy atom. The molecule has 0 saturated heterocycles. The van der Waals surface area contributed by atoms with Gasteiger partial charge in [-0.25, -0.2) is 5.26 Å². The molecule has 0 radical (unpaired) electrons. The number of azo groups is 1. The van der Waals surface area contributed by atoms with Gasteiger partial charge in [-0.05, 0) is 48.2 Å². The molecule has 0 bridgehead atoms. The molecule has 0 aliphatic rings. The molecule has 32 heavy (non-hydrogen) atoms. The lowest BCUT2D eigenvalue weighted by molar-refractivity contribution is -0.432. The molecule has 0 atom stereocenters. The number of phenolic OH excluding ortho intramolecular Hbond substituents is 1. The molecule has 0 fully saturated rings. The monoisotopic (exact) mass is 502 g/mol. The summed E-state index contributed by atoms with van der Waals surface area (Å²) in [4.78, 5) is -0.972. The average Bonchev–Trinajstić information content (AvgIpc) is 2.71. The Kier molecular flexibility index (Phi) is 6.82. The number of aromatic hydroxyl groups is 1. The number of hydrogen-bond acceptors (Lipinski definition) is 11. The maximum absolute atomic E-state index is 11.7. The smallest absolute Gasteiger partial charge is 0.298 e. The van der Waals surface area contributed by atoms with Crippen molar-refractivity contribution in [2.24, 2.45) is 10.2 Å². The first-order chi connectivity index (χ1) is 14.9. The lowest BCUT2D eigenvalue weighted by Gasteiger charge is -2.09. The zero-order valence-corrected chi connectivity index (χ0v) is 18.3. The minimum absolute atomic E-state index is 0.0619. The van der Waals surface area contributed by atoms with Crippen LogP contribution >= 0.6 is 12.0 Å². The minimum atomic E-state index is -4.92. The topological polar surface area (TPSA) is 192 Å². The number of fused-ring (bicyclic) bond motifs is 1. The summed E-state index contributed by atoms with van der Waals surface area (Å²) in [6.07, 6.45) is 0. The molecule has 0 aromatic heterocycles. The molecule has 3 rings (SSSR count). The third kappa shape index (κ3) is 5.22. The van der Waals surface area contributed by atoms with E-state index in [0.717, 1.165) is 23.8 Å². The summed E-state index contributed by atoms with van der Waals surface area (Å²) in [5, 5.41) is 30.1. The van der Waals surface area contributed by atoms with Gasteiger partial charge in [0, 0.05) is 10.3 Å². The van der Waals surface area contributed by atoms with Crippen molar-refractivity contribution in [3.05, 3.63) is 48.0 Å². The Labute approximate surface area is 185 Å². The minimum Gasteiger partial charge on any atom is -0.504 e. The molecule has 170 valence electrons. The Morgan fingerprint density at radius 1 is 0.938 bits per heavy atom. The van der Waals surface area contributed by atoms with Crippen molar-refractivity contribution in [2.75, 3.05) is 0 Å². The summed E-state index contributed by atoms with van der Waals surface area (Å²) in [5.41, 5.74) is 0.603. The molecule has 15 heteroatoms. The van der Waals surface area contributed by atoms with Crippen molar-refractivity contribution < 1.29 is 45.7 Å². The third-order valence-electron chi connectivity index (χ3n) is 4.19. The van der Waals surface area contributed by atoms with Gasteiger partial charge in [0.25, 0.3) is 20.2 Å². The van der Waals surface area contributed by atoms with Crippen LogP contribution in [0.4, 0.5) is 11.4 Å². The van der Waals surface area contributed by atoms with Gasteiger partial charge >= 0.3 is 0 Å². The van der Waals surface area contributed by atoms with Crippen LogP contribution in [0.2, 0.25) is 0 Å². The summed E-state index contributed by atoms with van der Waals surface area (Å²) < 4.78 is 69.3. The number of nitrogens with zero attached hydrogens (tertiary/aromatic N) is 2. The summed E-state index contributed by atoms with van der Waals surface area (Å²) >= 11 is 0.682. The van der Waals surface area contributed by atoms with Crippen LogP contribution < -0.4 is 0 Å². The zero-order valence-electron chi connectivity index (χ0n) is 15.9. The molecule has 4 N–H and O–H groups in total. The summed E-state index contributed by atoms with van der Waals surface area (Å²) in [7, 11) is -9.53. The first-order valence-corrected chi connectivity index (χ1v) is 12.0. The molecule has 0 heterocycles. The Morgan fingerprint density at radius 3 is 2.28 bits per heavy atom. The van der Waals surface area contributed by atoms with Crippen molar-refractivity contribution in [2.45, 2.75) is 21.6 Å². The molecule has 0 saturated carbocycles. The second-order valence-corrected chi connectivity index (χ2v) is 9.83. The second-order valence-electron chi connectivity index (χ2n) is 6.28. The maximum Gasteiger partial charge on any atom is 0.298 e. The number of benzene rings is 3. The molecule has 0 aliphatic carbocycles. The molecule has 12 nitrogen and oxygen atoms in total. The Balaban J connectivity index is 2.20. The van der Waals surface area contributed by atoms with Gasteiger partial charge < -0.3 is 5.11 Å². The Bertz CT molecular complexity index is 1440. The highest BCUT2D eigenvalue weighted by molar-refractivity contribution is 7.94. The zero-order chi connectivity index (χ0) is 23.7. The fraction of sp³-hybridized carbons (Fsp3) is 0.0588. The van der Waals surface area contributed by atoms with Crippen LogP contribution in [0, 0.1) is 6.92 Å². The van der Waals surface area contributed by atoms with E-state index in [0.29, 0.717) is 16.9 Å². The van der Waals surface area contributed by atoms with Crippen molar-refractivity contribution in [3.8, 4) is 5.75 Å². The highest BCUT2D eigenvalue weighted by Gasteiger charge is 2.23. The number of hydrogen-bond donors (Lipinski definition) is 4. The van der Waals surface area contributed by atoms with Gasteiger partial charge in [0.15, 0.2) is 5.75 Å². The Hall–Kier alpha value is -2.63. The lowest BCUT2D eigenvalue weighted by atomic mass is 10.1. The van der Waals surface area contributed by atoms with Crippen LogP contribution in [0.15, 0.2) is 67.4 Å². The van der Waals surface area contributed by atoms with Crippen molar-refractivity contribution in [1.29, 1.82) is 0 Å². The summed E-state index contributed by atoms with van der Waals surface area (Å²) in [6.45, 7) is 1.74. The number of aryl methyl sites for hydroxylation is 1. The fourth-order valence-electron chi connectivity index (χ4n) is 2.69. The highest BCUT2D eigenvalue weighted by Crippen LogP contribution is 2.42. The molecule has 0 spiro atoms. The van der Waals surface area contributed by atoms with Gasteiger partial charge in [0.2, 0.25) is 0 Å². The van der Waals surface area contributed by atoms with E-state index >= 15 is 0 Å². The van der Waals surface area contributed by atoms with E-state index in [1.165, 1.54) is 12.1 Å². The van der Waals surface area contributed by atoms with Crippen LogP contribution in [-0.2, 0) is 29.6 Å². The van der Waals surface area contributed by atoms with Gasteiger partial charge in [-0.2, -0.15) is 21.9 Å². The van der Waals surface area contributed by atoms with Crippen LogP contribution in [0.1, 0.15) is 5.56 Å². The van der Waals surface area contributed by atoms with Gasteiger partial charge in [-0.3, -0.25) is 9.11 Å².